The van der Waals surface area contributed by atoms with E-state index in [0.29, 0.717) is 5.92 Å². The number of nitrogens with zero attached hydrogens (tertiary/aromatic N) is 1. The molecule has 1 fully saturated rings. The van der Waals surface area contributed by atoms with Crippen molar-refractivity contribution in [1.82, 2.24) is 4.90 Å². The lowest BCUT2D eigenvalue weighted by atomic mass is 9.89. The topological polar surface area (TPSA) is 40.5 Å². The van der Waals surface area contributed by atoms with Gasteiger partial charge in [0.15, 0.2) is 0 Å². The molecule has 1 aromatic carbocycles. The lowest BCUT2D eigenvalue weighted by Gasteiger charge is -2.34. The van der Waals surface area contributed by atoms with Crippen LogP contribution in [0.1, 0.15) is 18.4 Å². The zero-order valence-corrected chi connectivity index (χ0v) is 11.2. The monoisotopic (exact) mass is 259 g/mol. The molecule has 0 bridgehead atoms. The van der Waals surface area contributed by atoms with E-state index in [1.54, 1.807) is 0 Å². The number of carbonyl (C=O) groups is 1. The van der Waals surface area contributed by atoms with Crippen LogP contribution in [0.25, 0.3) is 0 Å². The van der Waals surface area contributed by atoms with Gasteiger partial charge in [0.1, 0.15) is 6.04 Å². The van der Waals surface area contributed by atoms with Gasteiger partial charge in [-0.1, -0.05) is 36.4 Å². The smallest absolute Gasteiger partial charge is 0.324 e. The summed E-state index contributed by atoms with van der Waals surface area (Å²) in [5, 5.41) is 9.11. The molecule has 2 rings (SSSR count). The lowest BCUT2D eigenvalue weighted by Crippen LogP contribution is -2.44. The predicted molar refractivity (Wildman–Crippen MR) is 76.1 cm³/mol. The van der Waals surface area contributed by atoms with Crippen LogP contribution >= 0.6 is 0 Å². The van der Waals surface area contributed by atoms with Crippen molar-refractivity contribution in [1.29, 1.82) is 0 Å². The summed E-state index contributed by atoms with van der Waals surface area (Å²) in [6.07, 6.45) is 4.75. The second-order valence-electron chi connectivity index (χ2n) is 5.19. The van der Waals surface area contributed by atoms with E-state index in [1.807, 2.05) is 11.0 Å². The molecule has 1 atom stereocenters. The molecule has 1 aliphatic heterocycles. The van der Waals surface area contributed by atoms with Gasteiger partial charge in [-0.25, -0.2) is 0 Å². The van der Waals surface area contributed by atoms with Crippen LogP contribution in [0.3, 0.4) is 0 Å². The first kappa shape index (κ1) is 13.8. The summed E-state index contributed by atoms with van der Waals surface area (Å²) < 4.78 is 0. The first-order valence-corrected chi connectivity index (χ1v) is 6.84. The predicted octanol–water partition coefficient (Wildman–Crippen LogP) is 2.58. The van der Waals surface area contributed by atoms with E-state index in [2.05, 4.69) is 30.8 Å². The Bertz CT molecular complexity index is 422. The number of hydrogen-bond donors (Lipinski definition) is 1. The molecule has 0 saturated carbocycles. The third kappa shape index (κ3) is 3.67. The first-order chi connectivity index (χ1) is 9.20. The van der Waals surface area contributed by atoms with Crippen LogP contribution in [0.5, 0.6) is 0 Å². The number of hydrogen-bond acceptors (Lipinski definition) is 2. The number of piperidine rings is 1. The molecule has 1 aromatic rings. The van der Waals surface area contributed by atoms with E-state index < -0.39 is 12.0 Å². The van der Waals surface area contributed by atoms with E-state index in [0.717, 1.165) is 32.4 Å². The lowest BCUT2D eigenvalue weighted by molar-refractivity contribution is -0.141. The van der Waals surface area contributed by atoms with Crippen LogP contribution in [-0.2, 0) is 11.2 Å². The Morgan fingerprint density at radius 3 is 2.53 bits per heavy atom. The maximum Gasteiger partial charge on any atom is 0.324 e. The third-order valence-corrected chi connectivity index (χ3v) is 3.89. The van der Waals surface area contributed by atoms with Gasteiger partial charge in [0.05, 0.1) is 0 Å². The van der Waals surface area contributed by atoms with Crippen LogP contribution in [0, 0.1) is 5.92 Å². The van der Waals surface area contributed by atoms with Crippen LogP contribution in [0.4, 0.5) is 0 Å². The van der Waals surface area contributed by atoms with E-state index in [-0.39, 0.29) is 0 Å². The third-order valence-electron chi connectivity index (χ3n) is 3.89. The molecule has 1 unspecified atom stereocenters. The van der Waals surface area contributed by atoms with Crippen molar-refractivity contribution >= 4 is 5.97 Å². The fourth-order valence-electron chi connectivity index (χ4n) is 2.79. The second kappa shape index (κ2) is 6.53. The molecule has 1 aliphatic rings. The Morgan fingerprint density at radius 1 is 1.37 bits per heavy atom. The average molecular weight is 259 g/mol. The van der Waals surface area contributed by atoms with Crippen molar-refractivity contribution in [2.75, 3.05) is 13.1 Å². The molecular formula is C16H21NO2. The number of rotatable bonds is 5. The molecule has 1 N–H and O–H groups in total. The normalized spacial score (nSPS) is 18.9. The van der Waals surface area contributed by atoms with E-state index >= 15 is 0 Å². The molecule has 0 aliphatic carbocycles. The van der Waals surface area contributed by atoms with Crippen molar-refractivity contribution in [3.63, 3.8) is 0 Å². The zero-order valence-electron chi connectivity index (χ0n) is 11.2. The fraction of sp³-hybridized carbons (Fsp3) is 0.438. The Labute approximate surface area is 114 Å². The van der Waals surface area contributed by atoms with Crippen LogP contribution in [0.2, 0.25) is 0 Å². The molecule has 1 saturated heterocycles. The van der Waals surface area contributed by atoms with Gasteiger partial charge in [0, 0.05) is 0 Å². The maximum atomic E-state index is 11.1. The van der Waals surface area contributed by atoms with Crippen LogP contribution < -0.4 is 0 Å². The summed E-state index contributed by atoms with van der Waals surface area (Å²) in [5.41, 5.74) is 1.37. The highest BCUT2D eigenvalue weighted by Crippen LogP contribution is 2.23. The number of likely N-dealkylation sites (tertiary alicyclic amines) is 1. The Morgan fingerprint density at radius 2 is 2.00 bits per heavy atom. The highest BCUT2D eigenvalue weighted by Gasteiger charge is 2.27. The minimum Gasteiger partial charge on any atom is -0.480 e. The Hall–Kier alpha value is -1.61. The molecule has 3 nitrogen and oxygen atoms in total. The fourth-order valence-corrected chi connectivity index (χ4v) is 2.79. The van der Waals surface area contributed by atoms with Gasteiger partial charge in [-0.15, -0.1) is 6.58 Å². The highest BCUT2D eigenvalue weighted by atomic mass is 16.4. The minimum absolute atomic E-state index is 0.530. The summed E-state index contributed by atoms with van der Waals surface area (Å²) in [4.78, 5) is 13.1. The van der Waals surface area contributed by atoms with E-state index in [1.165, 1.54) is 11.6 Å². The van der Waals surface area contributed by atoms with Crippen molar-refractivity contribution < 1.29 is 9.90 Å². The quantitative estimate of drug-likeness (QED) is 0.826. The van der Waals surface area contributed by atoms with Gasteiger partial charge in [0.25, 0.3) is 0 Å². The van der Waals surface area contributed by atoms with Gasteiger partial charge in [-0.05, 0) is 43.8 Å². The number of carboxylic acid groups (broad SMARTS) is 1. The second-order valence-corrected chi connectivity index (χ2v) is 5.19. The molecule has 0 spiro atoms. The maximum absolute atomic E-state index is 11.1. The summed E-state index contributed by atoms with van der Waals surface area (Å²) in [6, 6.07) is 9.98. The number of benzene rings is 1. The molecule has 102 valence electrons. The SMILES string of the molecule is C=CC(C(=O)O)N1CCC(Cc2ccccc2)CC1. The van der Waals surface area contributed by atoms with Crippen LogP contribution in [0.15, 0.2) is 43.0 Å². The van der Waals surface area contributed by atoms with Gasteiger partial charge in [-0.2, -0.15) is 0 Å². The molecule has 1 heterocycles. The Kier molecular flexibility index (Phi) is 4.74. The standard InChI is InChI=1S/C16H21NO2/c1-2-15(16(18)19)17-10-8-14(9-11-17)12-13-6-4-3-5-7-13/h2-7,14-15H,1,8-12H2,(H,18,19). The van der Waals surface area contributed by atoms with Crippen molar-refractivity contribution in [2.24, 2.45) is 5.92 Å². The molecule has 3 heteroatoms. The molecule has 0 aromatic heterocycles. The largest absolute Gasteiger partial charge is 0.480 e. The van der Waals surface area contributed by atoms with Crippen LogP contribution in [-0.4, -0.2) is 35.1 Å². The molecule has 0 radical (unpaired) electrons. The van der Waals surface area contributed by atoms with Gasteiger partial charge < -0.3 is 5.11 Å². The molecular weight excluding hydrogens is 238 g/mol. The van der Waals surface area contributed by atoms with Crippen molar-refractivity contribution in [3.8, 4) is 0 Å². The summed E-state index contributed by atoms with van der Waals surface area (Å²) >= 11 is 0. The highest BCUT2D eigenvalue weighted by molar-refractivity contribution is 5.75. The molecule has 19 heavy (non-hydrogen) atoms. The first-order valence-electron chi connectivity index (χ1n) is 6.84. The van der Waals surface area contributed by atoms with Crippen molar-refractivity contribution in [3.05, 3.63) is 48.6 Å². The summed E-state index contributed by atoms with van der Waals surface area (Å²) in [7, 11) is 0. The molecule has 0 amide bonds. The van der Waals surface area contributed by atoms with E-state index in [9.17, 15) is 4.79 Å². The van der Waals surface area contributed by atoms with Gasteiger partial charge >= 0.3 is 5.97 Å². The summed E-state index contributed by atoms with van der Waals surface area (Å²) in [6.45, 7) is 5.32. The summed E-state index contributed by atoms with van der Waals surface area (Å²) in [5.74, 6) is -0.130. The van der Waals surface area contributed by atoms with Gasteiger partial charge in [0.2, 0.25) is 0 Å². The van der Waals surface area contributed by atoms with E-state index in [4.69, 9.17) is 5.11 Å². The zero-order chi connectivity index (χ0) is 13.7. The number of aliphatic carboxylic acids is 1. The average Bonchev–Trinajstić information content (AvgIpc) is 2.42. The number of carboxylic acids is 1. The minimum atomic E-state index is -0.795. The Balaban J connectivity index is 1.85. The van der Waals surface area contributed by atoms with Crippen molar-refractivity contribution in [2.45, 2.75) is 25.3 Å². The van der Waals surface area contributed by atoms with Gasteiger partial charge in [-0.3, -0.25) is 9.69 Å².